The van der Waals surface area contributed by atoms with Gasteiger partial charge in [-0.15, -0.1) is 0 Å². The molecule has 8 heteroatoms. The Labute approximate surface area is 192 Å². The predicted molar refractivity (Wildman–Crippen MR) is 128 cm³/mol. The predicted octanol–water partition coefficient (Wildman–Crippen LogP) is 5.04. The zero-order valence-corrected chi connectivity index (χ0v) is 19.3. The van der Waals surface area contributed by atoms with E-state index in [0.717, 1.165) is 16.7 Å². The molecule has 7 nitrogen and oxygen atoms in total. The number of rotatable bonds is 6. The number of hydrogen-bond donors (Lipinski definition) is 1. The lowest BCUT2D eigenvalue weighted by Crippen LogP contribution is -2.26. The highest BCUT2D eigenvalue weighted by atomic mass is 32.2. The molecule has 1 aromatic heterocycles. The van der Waals surface area contributed by atoms with Crippen LogP contribution in [0.25, 0.3) is 11.3 Å². The molecule has 0 atom stereocenters. The first-order valence-corrected chi connectivity index (χ1v) is 11.7. The first-order valence-electron chi connectivity index (χ1n) is 10.3. The number of nitrogens with zero attached hydrogens (tertiary/aromatic N) is 2. The lowest BCUT2D eigenvalue weighted by atomic mass is 10.0. The summed E-state index contributed by atoms with van der Waals surface area (Å²) in [5.41, 5.74) is 4.24. The van der Waals surface area contributed by atoms with Gasteiger partial charge in [0, 0.05) is 24.4 Å². The third-order valence-corrected chi connectivity index (χ3v) is 7.22. The van der Waals surface area contributed by atoms with E-state index >= 15 is 0 Å². The van der Waals surface area contributed by atoms with Crippen LogP contribution < -0.4 is 9.62 Å². The number of hydrogen-bond acceptors (Lipinski definition) is 5. The quantitative estimate of drug-likeness (QED) is 0.434. The van der Waals surface area contributed by atoms with Gasteiger partial charge in [-0.3, -0.25) is 9.10 Å². The largest absolute Gasteiger partial charge is 0.355 e. The van der Waals surface area contributed by atoms with Crippen molar-refractivity contribution in [1.82, 2.24) is 5.16 Å². The van der Waals surface area contributed by atoms with Gasteiger partial charge in [0.15, 0.2) is 11.5 Å². The molecule has 4 rings (SSSR count). The van der Waals surface area contributed by atoms with E-state index in [0.29, 0.717) is 17.1 Å². The summed E-state index contributed by atoms with van der Waals surface area (Å²) in [5.74, 6) is 0.0412. The molecule has 0 aliphatic carbocycles. The maximum Gasteiger partial charge on any atom is 0.277 e. The molecule has 1 amide bonds. The maximum absolute atomic E-state index is 12.9. The normalized spacial score (nSPS) is 11.2. The van der Waals surface area contributed by atoms with E-state index in [1.54, 1.807) is 30.3 Å². The van der Waals surface area contributed by atoms with Crippen LogP contribution >= 0.6 is 0 Å². The van der Waals surface area contributed by atoms with Crippen molar-refractivity contribution in [2.45, 2.75) is 18.7 Å². The van der Waals surface area contributed by atoms with Crippen LogP contribution in [0.15, 0.2) is 88.3 Å². The van der Waals surface area contributed by atoms with E-state index in [1.807, 2.05) is 38.1 Å². The van der Waals surface area contributed by atoms with Gasteiger partial charge in [-0.25, -0.2) is 8.42 Å². The molecule has 33 heavy (non-hydrogen) atoms. The topological polar surface area (TPSA) is 92.5 Å². The number of anilines is 2. The van der Waals surface area contributed by atoms with Crippen LogP contribution in [0.5, 0.6) is 0 Å². The maximum atomic E-state index is 12.9. The SMILES string of the molecule is Cc1ccc(-c2cc(C(=O)Nc3ccc(S(=O)(=O)N(C)c4ccccc4)cc3)no2)cc1C. The van der Waals surface area contributed by atoms with Crippen LogP contribution in [0.2, 0.25) is 0 Å². The third kappa shape index (κ3) is 4.65. The molecule has 1 heterocycles. The Balaban J connectivity index is 1.47. The summed E-state index contributed by atoms with van der Waals surface area (Å²) >= 11 is 0. The molecule has 0 spiro atoms. The Kier molecular flexibility index (Phi) is 6.02. The molecule has 0 aliphatic heterocycles. The Hall–Kier alpha value is -3.91. The van der Waals surface area contributed by atoms with Gasteiger partial charge in [0.05, 0.1) is 10.6 Å². The van der Waals surface area contributed by atoms with Gasteiger partial charge >= 0.3 is 0 Å². The molecule has 0 saturated carbocycles. The Morgan fingerprint density at radius 1 is 0.909 bits per heavy atom. The number of sulfonamides is 1. The average Bonchev–Trinajstić information content (AvgIpc) is 3.32. The van der Waals surface area contributed by atoms with Crippen LogP contribution in [0, 0.1) is 13.8 Å². The Bertz CT molecular complexity index is 1400. The number of carbonyl (C=O) groups is 1. The molecule has 0 saturated heterocycles. The van der Waals surface area contributed by atoms with Gasteiger partial charge in [0.1, 0.15) is 0 Å². The number of aryl methyl sites for hydroxylation is 2. The van der Waals surface area contributed by atoms with Gasteiger partial charge in [-0.2, -0.15) is 0 Å². The Morgan fingerprint density at radius 2 is 1.61 bits per heavy atom. The summed E-state index contributed by atoms with van der Waals surface area (Å²) in [6.07, 6.45) is 0. The van der Waals surface area contributed by atoms with Gasteiger partial charge in [0.25, 0.3) is 15.9 Å². The average molecular weight is 462 g/mol. The van der Waals surface area contributed by atoms with Gasteiger partial charge in [0.2, 0.25) is 0 Å². The molecule has 0 fully saturated rings. The smallest absolute Gasteiger partial charge is 0.277 e. The van der Waals surface area contributed by atoms with Crippen molar-refractivity contribution < 1.29 is 17.7 Å². The molecule has 3 aromatic carbocycles. The summed E-state index contributed by atoms with van der Waals surface area (Å²) < 4.78 is 32.3. The lowest BCUT2D eigenvalue weighted by molar-refractivity contribution is 0.101. The number of aromatic nitrogens is 1. The van der Waals surface area contributed by atoms with Gasteiger partial charge in [-0.05, 0) is 67.4 Å². The van der Waals surface area contributed by atoms with Crippen LogP contribution in [-0.2, 0) is 10.0 Å². The van der Waals surface area contributed by atoms with E-state index in [1.165, 1.54) is 35.6 Å². The standard InChI is InChI=1S/C25H23N3O4S/c1-17-9-10-19(15-18(17)2)24-16-23(27-32-24)25(29)26-20-11-13-22(14-12-20)33(30,31)28(3)21-7-5-4-6-8-21/h4-16H,1-3H3,(H,26,29). The lowest BCUT2D eigenvalue weighted by Gasteiger charge is -2.19. The first kappa shape index (κ1) is 22.3. The van der Waals surface area contributed by atoms with E-state index in [2.05, 4.69) is 10.5 Å². The molecule has 1 N–H and O–H groups in total. The Morgan fingerprint density at radius 3 is 2.27 bits per heavy atom. The summed E-state index contributed by atoms with van der Waals surface area (Å²) in [4.78, 5) is 12.7. The third-order valence-electron chi connectivity index (χ3n) is 5.42. The molecule has 0 radical (unpaired) electrons. The zero-order valence-electron chi connectivity index (χ0n) is 18.4. The molecule has 4 aromatic rings. The summed E-state index contributed by atoms with van der Waals surface area (Å²) in [5, 5.41) is 6.58. The van der Waals surface area contributed by atoms with Crippen molar-refractivity contribution in [2.75, 3.05) is 16.7 Å². The van der Waals surface area contributed by atoms with E-state index in [9.17, 15) is 13.2 Å². The number of para-hydroxylation sites is 1. The van der Waals surface area contributed by atoms with E-state index < -0.39 is 15.9 Å². The second kappa shape index (κ2) is 8.91. The van der Waals surface area contributed by atoms with Crippen molar-refractivity contribution in [3.05, 3.63) is 95.7 Å². The van der Waals surface area contributed by atoms with Crippen LogP contribution in [-0.4, -0.2) is 26.5 Å². The second-order valence-electron chi connectivity index (χ2n) is 7.66. The highest BCUT2D eigenvalue weighted by molar-refractivity contribution is 7.92. The molecule has 0 aliphatic rings. The first-order chi connectivity index (χ1) is 15.8. The number of nitrogens with one attached hydrogen (secondary N) is 1. The summed E-state index contributed by atoms with van der Waals surface area (Å²) in [6, 6.07) is 22.2. The van der Waals surface area contributed by atoms with Crippen molar-refractivity contribution in [1.29, 1.82) is 0 Å². The van der Waals surface area contributed by atoms with Crippen molar-refractivity contribution >= 4 is 27.3 Å². The van der Waals surface area contributed by atoms with Crippen molar-refractivity contribution in [3.8, 4) is 11.3 Å². The molecule has 168 valence electrons. The molecular weight excluding hydrogens is 438 g/mol. The highest BCUT2D eigenvalue weighted by Crippen LogP contribution is 2.25. The number of benzene rings is 3. The summed E-state index contributed by atoms with van der Waals surface area (Å²) in [7, 11) is -2.23. The minimum atomic E-state index is -3.73. The summed E-state index contributed by atoms with van der Waals surface area (Å²) in [6.45, 7) is 4.03. The highest BCUT2D eigenvalue weighted by Gasteiger charge is 2.21. The van der Waals surface area contributed by atoms with Crippen molar-refractivity contribution in [3.63, 3.8) is 0 Å². The molecule has 0 unspecified atom stereocenters. The zero-order chi connectivity index (χ0) is 23.6. The molecular formula is C25H23N3O4S. The van der Waals surface area contributed by atoms with Crippen LogP contribution in [0.1, 0.15) is 21.6 Å². The van der Waals surface area contributed by atoms with E-state index in [-0.39, 0.29) is 10.6 Å². The monoisotopic (exact) mass is 461 g/mol. The van der Waals surface area contributed by atoms with Gasteiger partial charge in [-0.1, -0.05) is 35.5 Å². The second-order valence-corrected chi connectivity index (χ2v) is 9.63. The van der Waals surface area contributed by atoms with Crippen LogP contribution in [0.4, 0.5) is 11.4 Å². The number of amides is 1. The van der Waals surface area contributed by atoms with Crippen molar-refractivity contribution in [2.24, 2.45) is 0 Å². The van der Waals surface area contributed by atoms with E-state index in [4.69, 9.17) is 4.52 Å². The molecule has 0 bridgehead atoms. The van der Waals surface area contributed by atoms with Crippen LogP contribution in [0.3, 0.4) is 0 Å². The minimum Gasteiger partial charge on any atom is -0.355 e. The fourth-order valence-electron chi connectivity index (χ4n) is 3.25. The minimum absolute atomic E-state index is 0.116. The fraction of sp³-hybridized carbons (Fsp3) is 0.120. The number of carbonyl (C=O) groups excluding carboxylic acids is 1. The van der Waals surface area contributed by atoms with Gasteiger partial charge < -0.3 is 9.84 Å². The fourth-order valence-corrected chi connectivity index (χ4v) is 4.45.